The van der Waals surface area contributed by atoms with E-state index in [-0.39, 0.29) is 18.3 Å². The van der Waals surface area contributed by atoms with Crippen molar-refractivity contribution < 1.29 is 9.53 Å². The third-order valence-electron chi connectivity index (χ3n) is 6.08. The molecular weight excluding hydrogens is 376 g/mol. The highest BCUT2D eigenvalue weighted by atomic mass is 16.5. The third-order valence-corrected chi connectivity index (χ3v) is 6.08. The van der Waals surface area contributed by atoms with Crippen LogP contribution < -0.4 is 4.74 Å². The Bertz CT molecular complexity index is 1170. The lowest BCUT2D eigenvalue weighted by molar-refractivity contribution is -0.121. The van der Waals surface area contributed by atoms with Crippen LogP contribution in [-0.4, -0.2) is 32.1 Å². The average molecular weight is 402 g/mol. The fourth-order valence-electron chi connectivity index (χ4n) is 4.23. The van der Waals surface area contributed by atoms with Crippen molar-refractivity contribution in [1.82, 2.24) is 19.7 Å². The average Bonchev–Trinajstić information content (AvgIpc) is 3.36. The van der Waals surface area contributed by atoms with Gasteiger partial charge in [0.1, 0.15) is 6.61 Å². The van der Waals surface area contributed by atoms with Crippen molar-refractivity contribution in [3.63, 3.8) is 0 Å². The van der Waals surface area contributed by atoms with Gasteiger partial charge in [0.15, 0.2) is 11.4 Å². The van der Waals surface area contributed by atoms with E-state index in [0.717, 1.165) is 45.5 Å². The number of allylic oxidation sites excluding steroid dienone is 1. The molecular formula is C24H26N4O2. The minimum absolute atomic E-state index is 0.0217. The van der Waals surface area contributed by atoms with Crippen molar-refractivity contribution in [2.75, 3.05) is 6.61 Å². The number of pyridine rings is 2. The molecule has 30 heavy (non-hydrogen) atoms. The molecule has 3 heterocycles. The van der Waals surface area contributed by atoms with Crippen LogP contribution in [0, 0.1) is 6.92 Å². The van der Waals surface area contributed by atoms with Crippen LogP contribution >= 0.6 is 0 Å². The lowest BCUT2D eigenvalue weighted by Gasteiger charge is -2.13. The second-order valence-electron chi connectivity index (χ2n) is 8.60. The molecule has 0 amide bonds. The van der Waals surface area contributed by atoms with Crippen molar-refractivity contribution in [2.24, 2.45) is 7.05 Å². The molecule has 154 valence electrons. The van der Waals surface area contributed by atoms with Gasteiger partial charge in [0, 0.05) is 43.5 Å². The molecule has 6 nitrogen and oxygen atoms in total. The van der Waals surface area contributed by atoms with Gasteiger partial charge in [-0.3, -0.25) is 14.5 Å². The van der Waals surface area contributed by atoms with Crippen molar-refractivity contribution in [1.29, 1.82) is 0 Å². The molecule has 5 rings (SSSR count). The van der Waals surface area contributed by atoms with E-state index >= 15 is 0 Å². The lowest BCUT2D eigenvalue weighted by Crippen LogP contribution is -2.15. The van der Waals surface area contributed by atoms with E-state index in [1.54, 1.807) is 0 Å². The molecule has 0 saturated heterocycles. The Morgan fingerprint density at radius 1 is 1.33 bits per heavy atom. The van der Waals surface area contributed by atoms with Crippen molar-refractivity contribution in [3.8, 4) is 5.88 Å². The van der Waals surface area contributed by atoms with Crippen molar-refractivity contribution >= 4 is 22.9 Å². The van der Waals surface area contributed by atoms with Crippen LogP contribution in [0.5, 0.6) is 5.88 Å². The summed E-state index contributed by atoms with van der Waals surface area (Å²) in [5, 5.41) is 5.80. The van der Waals surface area contributed by atoms with Crippen LogP contribution in [0.2, 0.25) is 0 Å². The highest BCUT2D eigenvalue weighted by Crippen LogP contribution is 2.43. The Hall–Kier alpha value is -3.02. The van der Waals surface area contributed by atoms with Crippen molar-refractivity contribution in [2.45, 2.75) is 51.4 Å². The maximum atomic E-state index is 12.5. The van der Waals surface area contributed by atoms with Crippen LogP contribution in [0.1, 0.15) is 66.1 Å². The molecule has 0 aromatic carbocycles. The Balaban J connectivity index is 1.25. The Labute approximate surface area is 176 Å². The first kappa shape index (κ1) is 19.0. The Morgan fingerprint density at radius 3 is 2.97 bits per heavy atom. The number of aryl methyl sites for hydroxylation is 2. The molecule has 0 N–H and O–H groups in total. The maximum Gasteiger partial charge on any atom is 0.215 e. The number of nitrogens with zero attached hydrogens (tertiary/aromatic N) is 4. The van der Waals surface area contributed by atoms with E-state index in [4.69, 9.17) is 4.74 Å². The van der Waals surface area contributed by atoms with Gasteiger partial charge in [0.25, 0.3) is 0 Å². The molecule has 1 fully saturated rings. The molecule has 2 aliphatic carbocycles. The molecule has 3 aromatic heterocycles. The number of hydrogen-bond acceptors (Lipinski definition) is 5. The second-order valence-corrected chi connectivity index (χ2v) is 8.60. The highest BCUT2D eigenvalue weighted by molar-refractivity contribution is 5.84. The summed E-state index contributed by atoms with van der Waals surface area (Å²) in [5.41, 5.74) is 6.43. The van der Waals surface area contributed by atoms with Crippen LogP contribution in [0.4, 0.5) is 0 Å². The van der Waals surface area contributed by atoms with Gasteiger partial charge in [-0.2, -0.15) is 10.1 Å². The fraction of sp³-hybridized carbons (Fsp3) is 0.417. The molecule has 2 aliphatic rings. The predicted molar refractivity (Wildman–Crippen MR) is 116 cm³/mol. The summed E-state index contributed by atoms with van der Waals surface area (Å²) in [5.74, 6) is 1.20. The number of ketones is 1. The monoisotopic (exact) mass is 402 g/mol. The first-order chi connectivity index (χ1) is 14.5. The zero-order valence-corrected chi connectivity index (χ0v) is 17.7. The molecule has 0 aliphatic heterocycles. The fourth-order valence-corrected chi connectivity index (χ4v) is 4.23. The van der Waals surface area contributed by atoms with Crippen LogP contribution in [0.3, 0.4) is 0 Å². The number of ether oxygens (including phenoxy) is 1. The molecule has 1 atom stereocenters. The number of fused-ring (bicyclic) bond motifs is 2. The summed E-state index contributed by atoms with van der Waals surface area (Å²) in [7, 11) is 1.91. The Morgan fingerprint density at radius 2 is 2.17 bits per heavy atom. The highest BCUT2D eigenvalue weighted by Gasteiger charge is 2.30. The quantitative estimate of drug-likeness (QED) is 0.591. The van der Waals surface area contributed by atoms with E-state index in [9.17, 15) is 4.79 Å². The summed E-state index contributed by atoms with van der Waals surface area (Å²) in [6.07, 6.45) is 9.82. The third kappa shape index (κ3) is 3.51. The first-order valence-electron chi connectivity index (χ1n) is 10.6. The normalized spacial score (nSPS) is 16.1. The SMILES string of the molecule is Cc1cc(OCC(=O)CC(C)c2cnc3c(c2)C=CC3)nc2c1c(C1CC1)nn2C. The maximum absolute atomic E-state index is 12.5. The van der Waals surface area contributed by atoms with Gasteiger partial charge in [-0.1, -0.05) is 19.1 Å². The molecule has 1 unspecified atom stereocenters. The van der Waals surface area contributed by atoms with Gasteiger partial charge in [-0.05, 0) is 48.4 Å². The van der Waals surface area contributed by atoms with Crippen LogP contribution in [-0.2, 0) is 18.3 Å². The first-order valence-corrected chi connectivity index (χ1v) is 10.6. The summed E-state index contributed by atoms with van der Waals surface area (Å²) >= 11 is 0. The van der Waals surface area contributed by atoms with Crippen LogP contribution in [0.15, 0.2) is 24.4 Å². The van der Waals surface area contributed by atoms with Gasteiger partial charge in [-0.25, -0.2) is 0 Å². The summed E-state index contributed by atoms with van der Waals surface area (Å²) in [6, 6.07) is 4.06. The number of aromatic nitrogens is 4. The molecule has 0 radical (unpaired) electrons. The summed E-state index contributed by atoms with van der Waals surface area (Å²) in [6.45, 7) is 4.14. The van der Waals surface area contributed by atoms with E-state index in [1.165, 1.54) is 12.8 Å². The van der Waals surface area contributed by atoms with Gasteiger partial charge in [0.05, 0.1) is 11.4 Å². The van der Waals surface area contributed by atoms with Gasteiger partial charge >= 0.3 is 0 Å². The minimum Gasteiger partial charge on any atom is -0.470 e. The topological polar surface area (TPSA) is 69.9 Å². The molecule has 6 heteroatoms. The zero-order valence-electron chi connectivity index (χ0n) is 17.7. The van der Waals surface area contributed by atoms with E-state index in [1.807, 2.05) is 24.0 Å². The predicted octanol–water partition coefficient (Wildman–Crippen LogP) is 4.26. The number of carbonyl (C=O) groups excluding carboxylic acids is 1. The number of hydrogen-bond donors (Lipinski definition) is 0. The molecule has 1 saturated carbocycles. The second kappa shape index (κ2) is 7.35. The zero-order chi connectivity index (χ0) is 20.8. The Kier molecular flexibility index (Phi) is 4.65. The minimum atomic E-state index is 0.0217. The summed E-state index contributed by atoms with van der Waals surface area (Å²) < 4.78 is 7.60. The number of rotatable bonds is 7. The molecule has 0 bridgehead atoms. The van der Waals surface area contributed by atoms with Crippen LogP contribution in [0.25, 0.3) is 17.1 Å². The van der Waals surface area contributed by atoms with E-state index < -0.39 is 0 Å². The van der Waals surface area contributed by atoms with Gasteiger partial charge in [0.2, 0.25) is 5.88 Å². The standard InChI is InChI=1S/C24H26N4O2/c1-14(18-11-17-5-4-6-20(17)25-12-18)9-19(29)13-30-21-10-15(2)22-23(16-7-8-16)27-28(3)24(22)26-21/h4-5,10-12,14,16H,6-9,13H2,1-3H3. The lowest BCUT2D eigenvalue weighted by atomic mass is 9.96. The molecule has 0 spiro atoms. The van der Waals surface area contributed by atoms with Gasteiger partial charge < -0.3 is 4.74 Å². The number of Topliss-reactive ketones (excluding diaryl/α,β-unsaturated/α-hetero) is 1. The van der Waals surface area contributed by atoms with Crippen molar-refractivity contribution in [3.05, 3.63) is 52.5 Å². The molecule has 3 aromatic rings. The number of carbonyl (C=O) groups is 1. The van der Waals surface area contributed by atoms with Gasteiger partial charge in [-0.15, -0.1) is 0 Å². The largest absolute Gasteiger partial charge is 0.470 e. The summed E-state index contributed by atoms with van der Waals surface area (Å²) in [4.78, 5) is 21.7. The smallest absolute Gasteiger partial charge is 0.215 e. The van der Waals surface area contributed by atoms with E-state index in [2.05, 4.69) is 47.1 Å². The van der Waals surface area contributed by atoms with E-state index in [0.29, 0.717) is 18.2 Å².